The molecule has 0 atom stereocenters. The lowest BCUT2D eigenvalue weighted by molar-refractivity contribution is 0.102. The fraction of sp³-hybridized carbons (Fsp3) is 0.346. The van der Waals surface area contributed by atoms with Crippen LogP contribution in [0.2, 0.25) is 0 Å². The van der Waals surface area contributed by atoms with Gasteiger partial charge in [0.15, 0.2) is 0 Å². The van der Waals surface area contributed by atoms with Crippen molar-refractivity contribution in [2.75, 3.05) is 36.5 Å². The maximum absolute atomic E-state index is 12.9. The summed E-state index contributed by atoms with van der Waals surface area (Å²) in [6, 6.07) is 14.0. The highest BCUT2D eigenvalue weighted by Crippen LogP contribution is 2.39. The molecule has 0 spiro atoms. The molecule has 1 saturated heterocycles. The summed E-state index contributed by atoms with van der Waals surface area (Å²) in [6.07, 6.45) is 4.06. The van der Waals surface area contributed by atoms with E-state index in [0.29, 0.717) is 11.5 Å². The van der Waals surface area contributed by atoms with Gasteiger partial charge >= 0.3 is 0 Å². The number of ether oxygens (including phenoxy) is 1. The maximum atomic E-state index is 12.9. The second-order valence-corrected chi connectivity index (χ2v) is 8.68. The average molecular weight is 429 g/mol. The first-order valence-electron chi connectivity index (χ1n) is 11.3. The molecule has 2 aliphatic rings. The fourth-order valence-electron chi connectivity index (χ4n) is 4.17. The van der Waals surface area contributed by atoms with Crippen LogP contribution < -0.4 is 10.2 Å². The van der Waals surface area contributed by atoms with Crippen molar-refractivity contribution in [2.24, 2.45) is 0 Å². The zero-order chi connectivity index (χ0) is 22.1. The fourth-order valence-corrected chi connectivity index (χ4v) is 4.17. The van der Waals surface area contributed by atoms with Crippen molar-refractivity contribution in [3.63, 3.8) is 0 Å². The van der Waals surface area contributed by atoms with Gasteiger partial charge in [-0.05, 0) is 79.8 Å². The number of morpholine rings is 1. The highest BCUT2D eigenvalue weighted by Gasteiger charge is 2.25. The molecule has 1 amide bonds. The van der Waals surface area contributed by atoms with Gasteiger partial charge in [0.1, 0.15) is 5.82 Å². The van der Waals surface area contributed by atoms with Crippen molar-refractivity contribution >= 4 is 17.4 Å². The van der Waals surface area contributed by atoms with Crippen molar-refractivity contribution in [3.05, 3.63) is 71.2 Å². The number of hydrogen-bond acceptors (Lipinski definition) is 5. The lowest BCUT2D eigenvalue weighted by atomic mass is 9.99. The predicted molar refractivity (Wildman–Crippen MR) is 126 cm³/mol. The highest BCUT2D eigenvalue weighted by molar-refractivity contribution is 6.04. The van der Waals surface area contributed by atoms with Gasteiger partial charge in [-0.3, -0.25) is 9.78 Å². The Balaban J connectivity index is 1.41. The summed E-state index contributed by atoms with van der Waals surface area (Å²) in [5.74, 6) is 1.38. The van der Waals surface area contributed by atoms with Crippen LogP contribution in [-0.2, 0) is 4.74 Å². The first-order valence-corrected chi connectivity index (χ1v) is 11.3. The minimum absolute atomic E-state index is 0.107. The van der Waals surface area contributed by atoms with Gasteiger partial charge in [-0.1, -0.05) is 6.07 Å². The van der Waals surface area contributed by atoms with E-state index >= 15 is 0 Å². The van der Waals surface area contributed by atoms with Gasteiger partial charge in [0.2, 0.25) is 0 Å². The summed E-state index contributed by atoms with van der Waals surface area (Å²) in [5.41, 5.74) is 6.78. The van der Waals surface area contributed by atoms with Gasteiger partial charge in [-0.15, -0.1) is 0 Å². The van der Waals surface area contributed by atoms with E-state index in [2.05, 4.69) is 40.3 Å². The molecule has 5 rings (SSSR count). The number of nitrogens with zero attached hydrogens (tertiary/aromatic N) is 3. The van der Waals surface area contributed by atoms with Crippen LogP contribution in [-0.4, -0.2) is 42.2 Å². The molecule has 32 heavy (non-hydrogen) atoms. The molecule has 1 aliphatic carbocycles. The summed E-state index contributed by atoms with van der Waals surface area (Å²) in [6.45, 7) is 7.26. The monoisotopic (exact) mass is 428 g/mol. The zero-order valence-corrected chi connectivity index (χ0v) is 18.6. The first-order chi connectivity index (χ1) is 15.6. The molecule has 0 radical (unpaired) electrons. The molecule has 2 fully saturated rings. The topological polar surface area (TPSA) is 67.4 Å². The number of pyridine rings is 2. The Morgan fingerprint density at radius 1 is 1.06 bits per heavy atom. The number of anilines is 2. The minimum Gasteiger partial charge on any atom is -0.378 e. The van der Waals surface area contributed by atoms with Crippen LogP contribution in [0.5, 0.6) is 0 Å². The van der Waals surface area contributed by atoms with Crippen LogP contribution in [0.4, 0.5) is 11.5 Å². The normalized spacial score (nSPS) is 16.1. The van der Waals surface area contributed by atoms with Crippen molar-refractivity contribution in [3.8, 4) is 11.1 Å². The smallest absolute Gasteiger partial charge is 0.255 e. The van der Waals surface area contributed by atoms with Gasteiger partial charge in [0.25, 0.3) is 5.91 Å². The van der Waals surface area contributed by atoms with E-state index in [4.69, 9.17) is 9.72 Å². The Kier molecular flexibility index (Phi) is 5.62. The molecule has 0 bridgehead atoms. The molecule has 6 heteroatoms. The van der Waals surface area contributed by atoms with E-state index in [-0.39, 0.29) is 5.91 Å². The quantitative estimate of drug-likeness (QED) is 0.637. The molecule has 3 heterocycles. The number of aromatic nitrogens is 2. The van der Waals surface area contributed by atoms with E-state index in [1.165, 1.54) is 0 Å². The number of rotatable bonds is 5. The lowest BCUT2D eigenvalue weighted by Gasteiger charge is -2.28. The van der Waals surface area contributed by atoms with Crippen LogP contribution in [0.1, 0.15) is 46.1 Å². The van der Waals surface area contributed by atoms with Crippen molar-refractivity contribution in [1.29, 1.82) is 0 Å². The molecule has 1 N–H and O–H groups in total. The first kappa shape index (κ1) is 20.6. The summed E-state index contributed by atoms with van der Waals surface area (Å²) in [7, 11) is 0. The molecule has 1 aliphatic heterocycles. The number of amides is 1. The van der Waals surface area contributed by atoms with Crippen LogP contribution in [0.25, 0.3) is 11.1 Å². The number of hydrogen-bond donors (Lipinski definition) is 1. The van der Waals surface area contributed by atoms with Gasteiger partial charge < -0.3 is 15.0 Å². The Labute approximate surface area is 188 Å². The SMILES string of the molecule is Cc1cc(-c2cc(NC(=O)c3ccnc(C4CC4)c3)ccc2C)cc(N2CCOCC2)n1. The summed E-state index contributed by atoms with van der Waals surface area (Å²) in [4.78, 5) is 24.3. The Bertz CT molecular complexity index is 1150. The minimum atomic E-state index is -0.107. The second kappa shape index (κ2) is 8.71. The van der Waals surface area contributed by atoms with Crippen molar-refractivity contribution in [2.45, 2.75) is 32.6 Å². The molecular weight excluding hydrogens is 400 g/mol. The summed E-state index contributed by atoms with van der Waals surface area (Å²) < 4.78 is 5.48. The molecular formula is C26H28N4O2. The number of aryl methyl sites for hydroxylation is 2. The molecule has 1 saturated carbocycles. The van der Waals surface area contributed by atoms with E-state index in [9.17, 15) is 4.79 Å². The van der Waals surface area contributed by atoms with Crippen molar-refractivity contribution in [1.82, 2.24) is 9.97 Å². The van der Waals surface area contributed by atoms with Crippen LogP contribution in [0, 0.1) is 13.8 Å². The second-order valence-electron chi connectivity index (χ2n) is 8.68. The lowest BCUT2D eigenvalue weighted by Crippen LogP contribution is -2.36. The highest BCUT2D eigenvalue weighted by atomic mass is 16.5. The zero-order valence-electron chi connectivity index (χ0n) is 18.6. The molecule has 1 aromatic carbocycles. The maximum Gasteiger partial charge on any atom is 0.255 e. The number of nitrogens with one attached hydrogen (secondary N) is 1. The molecule has 3 aromatic rings. The Morgan fingerprint density at radius 2 is 1.88 bits per heavy atom. The van der Waals surface area contributed by atoms with Crippen molar-refractivity contribution < 1.29 is 9.53 Å². The Hall–Kier alpha value is -3.25. The standard InChI is InChI=1S/C26H28N4O2/c1-17-3-6-22(29-26(31)20-7-8-27-24(14-20)19-4-5-19)16-23(17)21-13-18(2)28-25(15-21)30-9-11-32-12-10-30/h3,6-8,13-16,19H,4-5,9-12H2,1-2H3,(H,29,31). The Morgan fingerprint density at radius 3 is 2.66 bits per heavy atom. The van der Waals surface area contributed by atoms with Crippen LogP contribution in [0.15, 0.2) is 48.7 Å². The largest absolute Gasteiger partial charge is 0.378 e. The average Bonchev–Trinajstić information content (AvgIpc) is 3.66. The van der Waals surface area contributed by atoms with E-state index in [1.54, 1.807) is 12.3 Å². The molecule has 164 valence electrons. The molecule has 0 unspecified atom stereocenters. The van der Waals surface area contributed by atoms with E-state index < -0.39 is 0 Å². The number of carbonyl (C=O) groups is 1. The van der Waals surface area contributed by atoms with E-state index in [1.807, 2.05) is 25.1 Å². The van der Waals surface area contributed by atoms with Gasteiger partial charge in [0, 0.05) is 47.8 Å². The summed E-state index contributed by atoms with van der Waals surface area (Å²) in [5, 5.41) is 3.07. The number of benzene rings is 1. The molecule has 6 nitrogen and oxygen atoms in total. The van der Waals surface area contributed by atoms with Gasteiger partial charge in [-0.25, -0.2) is 4.98 Å². The van der Waals surface area contributed by atoms with Gasteiger partial charge in [0.05, 0.1) is 13.2 Å². The third-order valence-electron chi connectivity index (χ3n) is 6.12. The molecule has 2 aromatic heterocycles. The third-order valence-corrected chi connectivity index (χ3v) is 6.12. The van der Waals surface area contributed by atoms with Gasteiger partial charge in [-0.2, -0.15) is 0 Å². The van der Waals surface area contributed by atoms with Crippen LogP contribution >= 0.6 is 0 Å². The number of carbonyl (C=O) groups excluding carboxylic acids is 1. The van der Waals surface area contributed by atoms with E-state index in [0.717, 1.165) is 78.7 Å². The van der Waals surface area contributed by atoms with Crippen LogP contribution in [0.3, 0.4) is 0 Å². The predicted octanol–water partition coefficient (Wildman–Crippen LogP) is 4.73. The third kappa shape index (κ3) is 4.50. The summed E-state index contributed by atoms with van der Waals surface area (Å²) >= 11 is 0.